The Hall–Kier alpha value is -1.32. The van der Waals surface area contributed by atoms with Crippen molar-refractivity contribution >= 4 is 5.82 Å². The first-order valence-corrected chi connectivity index (χ1v) is 5.93. The standard InChI is InChI=1S/C12H21N3O/c1-5-8(3)9(4)13-11-7-12(16)15-10(6-2)14-11/h7-9H,5-6H2,1-4H3,(H2,13,14,15,16). The van der Waals surface area contributed by atoms with E-state index in [2.05, 4.69) is 36.1 Å². The number of aromatic amines is 1. The molecule has 0 bridgehead atoms. The van der Waals surface area contributed by atoms with E-state index >= 15 is 0 Å². The van der Waals surface area contributed by atoms with Gasteiger partial charge in [-0.25, -0.2) is 4.98 Å². The van der Waals surface area contributed by atoms with Crippen LogP contribution < -0.4 is 10.9 Å². The molecule has 0 amide bonds. The molecular weight excluding hydrogens is 202 g/mol. The Morgan fingerprint density at radius 2 is 2.12 bits per heavy atom. The summed E-state index contributed by atoms with van der Waals surface area (Å²) in [5, 5.41) is 3.28. The number of rotatable bonds is 5. The Labute approximate surface area is 96.5 Å². The van der Waals surface area contributed by atoms with Crippen LogP contribution in [-0.4, -0.2) is 16.0 Å². The minimum Gasteiger partial charge on any atom is -0.367 e. The number of aryl methyl sites for hydroxylation is 1. The molecule has 1 aromatic heterocycles. The Balaban J connectivity index is 2.80. The second kappa shape index (κ2) is 5.68. The van der Waals surface area contributed by atoms with E-state index < -0.39 is 0 Å². The number of hydrogen-bond acceptors (Lipinski definition) is 3. The molecule has 1 aromatic rings. The van der Waals surface area contributed by atoms with Crippen LogP contribution >= 0.6 is 0 Å². The minimum atomic E-state index is -0.0919. The highest BCUT2D eigenvalue weighted by Crippen LogP contribution is 2.11. The van der Waals surface area contributed by atoms with Gasteiger partial charge in [-0.15, -0.1) is 0 Å². The van der Waals surface area contributed by atoms with Crippen molar-refractivity contribution in [2.24, 2.45) is 5.92 Å². The van der Waals surface area contributed by atoms with Crippen LogP contribution in [0.2, 0.25) is 0 Å². The summed E-state index contributed by atoms with van der Waals surface area (Å²) >= 11 is 0. The Morgan fingerprint density at radius 3 is 2.69 bits per heavy atom. The molecular formula is C12H21N3O. The lowest BCUT2D eigenvalue weighted by Crippen LogP contribution is -2.25. The Morgan fingerprint density at radius 1 is 1.44 bits per heavy atom. The summed E-state index contributed by atoms with van der Waals surface area (Å²) in [6.45, 7) is 8.43. The topological polar surface area (TPSA) is 57.8 Å². The first-order valence-electron chi connectivity index (χ1n) is 5.93. The van der Waals surface area contributed by atoms with Crippen molar-refractivity contribution in [1.29, 1.82) is 0 Å². The number of nitrogens with one attached hydrogen (secondary N) is 2. The summed E-state index contributed by atoms with van der Waals surface area (Å²) in [5.41, 5.74) is -0.0919. The third kappa shape index (κ3) is 3.36. The summed E-state index contributed by atoms with van der Waals surface area (Å²) in [6, 6.07) is 1.84. The molecule has 0 saturated carbocycles. The largest absolute Gasteiger partial charge is 0.367 e. The lowest BCUT2D eigenvalue weighted by atomic mass is 10.0. The van der Waals surface area contributed by atoms with Crippen LogP contribution in [0.3, 0.4) is 0 Å². The molecule has 2 atom stereocenters. The number of hydrogen-bond donors (Lipinski definition) is 2. The molecule has 0 aliphatic heterocycles. The lowest BCUT2D eigenvalue weighted by molar-refractivity contribution is 0.493. The van der Waals surface area contributed by atoms with Crippen LogP contribution in [0.25, 0.3) is 0 Å². The van der Waals surface area contributed by atoms with E-state index in [4.69, 9.17) is 0 Å². The van der Waals surface area contributed by atoms with Gasteiger partial charge in [-0.3, -0.25) is 4.79 Å². The van der Waals surface area contributed by atoms with Crippen molar-refractivity contribution in [3.63, 3.8) is 0 Å². The van der Waals surface area contributed by atoms with Crippen LogP contribution in [0.15, 0.2) is 10.9 Å². The van der Waals surface area contributed by atoms with E-state index in [0.717, 1.165) is 18.7 Å². The zero-order valence-corrected chi connectivity index (χ0v) is 10.5. The van der Waals surface area contributed by atoms with Crippen LogP contribution in [0.5, 0.6) is 0 Å². The molecule has 4 nitrogen and oxygen atoms in total. The number of H-pyrrole nitrogens is 1. The molecule has 2 unspecified atom stereocenters. The smallest absolute Gasteiger partial charge is 0.252 e. The van der Waals surface area contributed by atoms with Gasteiger partial charge in [0.1, 0.15) is 11.6 Å². The maximum Gasteiger partial charge on any atom is 0.252 e. The van der Waals surface area contributed by atoms with E-state index in [1.165, 1.54) is 6.07 Å². The van der Waals surface area contributed by atoms with Crippen LogP contribution in [0.1, 0.15) is 39.9 Å². The van der Waals surface area contributed by atoms with Gasteiger partial charge in [0.25, 0.3) is 5.56 Å². The van der Waals surface area contributed by atoms with Gasteiger partial charge in [-0.05, 0) is 12.8 Å². The second-order valence-electron chi connectivity index (χ2n) is 4.25. The van der Waals surface area contributed by atoms with Crippen molar-refractivity contribution in [2.75, 3.05) is 5.32 Å². The molecule has 0 aromatic carbocycles. The fourth-order valence-electron chi connectivity index (χ4n) is 1.48. The molecule has 16 heavy (non-hydrogen) atoms. The molecule has 0 aliphatic carbocycles. The fraction of sp³-hybridized carbons (Fsp3) is 0.667. The highest BCUT2D eigenvalue weighted by Gasteiger charge is 2.10. The van der Waals surface area contributed by atoms with Crippen molar-refractivity contribution in [3.05, 3.63) is 22.2 Å². The SMILES string of the molecule is CCc1nc(NC(C)C(C)CC)cc(=O)[nH]1. The Bertz CT molecular complexity index is 386. The normalized spacial score (nSPS) is 14.5. The fourth-order valence-corrected chi connectivity index (χ4v) is 1.48. The summed E-state index contributed by atoms with van der Waals surface area (Å²) in [5.74, 6) is 1.96. The highest BCUT2D eigenvalue weighted by molar-refractivity contribution is 5.34. The van der Waals surface area contributed by atoms with E-state index in [9.17, 15) is 4.79 Å². The minimum absolute atomic E-state index is 0.0919. The molecule has 90 valence electrons. The van der Waals surface area contributed by atoms with Crippen molar-refractivity contribution < 1.29 is 0 Å². The van der Waals surface area contributed by atoms with Gasteiger partial charge in [0.2, 0.25) is 0 Å². The predicted octanol–water partition coefficient (Wildman–Crippen LogP) is 2.18. The third-order valence-electron chi connectivity index (χ3n) is 3.00. The van der Waals surface area contributed by atoms with Crippen LogP contribution in [0, 0.1) is 5.92 Å². The highest BCUT2D eigenvalue weighted by atomic mass is 16.1. The van der Waals surface area contributed by atoms with E-state index in [1.807, 2.05) is 6.92 Å². The van der Waals surface area contributed by atoms with Gasteiger partial charge < -0.3 is 10.3 Å². The van der Waals surface area contributed by atoms with E-state index in [0.29, 0.717) is 17.8 Å². The number of aromatic nitrogens is 2. The summed E-state index contributed by atoms with van der Waals surface area (Å²) in [4.78, 5) is 18.4. The third-order valence-corrected chi connectivity index (χ3v) is 3.00. The predicted molar refractivity (Wildman–Crippen MR) is 66.8 cm³/mol. The zero-order valence-electron chi connectivity index (χ0n) is 10.5. The van der Waals surface area contributed by atoms with Gasteiger partial charge >= 0.3 is 0 Å². The quantitative estimate of drug-likeness (QED) is 0.804. The van der Waals surface area contributed by atoms with Gasteiger partial charge in [0, 0.05) is 18.5 Å². The molecule has 1 heterocycles. The average Bonchev–Trinajstić information content (AvgIpc) is 2.26. The maximum atomic E-state index is 11.4. The molecule has 1 rings (SSSR count). The first-order chi connectivity index (χ1) is 7.56. The van der Waals surface area contributed by atoms with Gasteiger partial charge in [0.05, 0.1) is 0 Å². The van der Waals surface area contributed by atoms with Crippen LogP contribution in [0.4, 0.5) is 5.82 Å². The maximum absolute atomic E-state index is 11.4. The molecule has 0 spiro atoms. The number of anilines is 1. The van der Waals surface area contributed by atoms with Gasteiger partial charge in [0.15, 0.2) is 0 Å². The molecule has 2 N–H and O–H groups in total. The Kier molecular flexibility index (Phi) is 4.52. The molecule has 4 heteroatoms. The van der Waals surface area contributed by atoms with Gasteiger partial charge in [-0.2, -0.15) is 0 Å². The summed E-state index contributed by atoms with van der Waals surface area (Å²) < 4.78 is 0. The molecule has 0 aliphatic rings. The molecule has 0 fully saturated rings. The molecule has 0 radical (unpaired) electrons. The summed E-state index contributed by atoms with van der Waals surface area (Å²) in [6.07, 6.45) is 1.85. The van der Waals surface area contributed by atoms with Crippen molar-refractivity contribution in [2.45, 2.75) is 46.6 Å². The van der Waals surface area contributed by atoms with Crippen molar-refractivity contribution in [3.8, 4) is 0 Å². The number of nitrogens with zero attached hydrogens (tertiary/aromatic N) is 1. The van der Waals surface area contributed by atoms with Crippen LogP contribution in [-0.2, 0) is 6.42 Å². The lowest BCUT2D eigenvalue weighted by Gasteiger charge is -2.20. The van der Waals surface area contributed by atoms with Crippen molar-refractivity contribution in [1.82, 2.24) is 9.97 Å². The average molecular weight is 223 g/mol. The van der Waals surface area contributed by atoms with E-state index in [1.54, 1.807) is 0 Å². The van der Waals surface area contributed by atoms with Gasteiger partial charge in [-0.1, -0.05) is 27.2 Å². The zero-order chi connectivity index (χ0) is 12.1. The summed E-state index contributed by atoms with van der Waals surface area (Å²) in [7, 11) is 0. The monoisotopic (exact) mass is 223 g/mol. The second-order valence-corrected chi connectivity index (χ2v) is 4.25. The van der Waals surface area contributed by atoms with E-state index in [-0.39, 0.29) is 5.56 Å². The first kappa shape index (κ1) is 12.7. The molecule has 0 saturated heterocycles.